The molecule has 0 radical (unpaired) electrons. The third-order valence-electron chi connectivity index (χ3n) is 1.64. The monoisotopic (exact) mass is 214 g/mol. The predicted molar refractivity (Wildman–Crippen MR) is 53.6 cm³/mol. The van der Waals surface area contributed by atoms with Crippen LogP contribution >= 0.6 is 0 Å². The molecule has 0 rings (SSSR count). The van der Waals surface area contributed by atoms with E-state index < -0.39 is 24.1 Å². The van der Waals surface area contributed by atoms with Crippen molar-refractivity contribution in [3.63, 3.8) is 0 Å². The normalized spacial score (nSPS) is 13.9. The fraction of sp³-hybridized carbons (Fsp3) is 0.400. The highest BCUT2D eigenvalue weighted by atomic mass is 16.5. The van der Waals surface area contributed by atoms with E-state index in [0.29, 0.717) is 0 Å². The van der Waals surface area contributed by atoms with Crippen LogP contribution < -0.4 is 0 Å². The molecule has 2 unspecified atom stereocenters. The largest absolute Gasteiger partial charge is 0.479 e. The topological polar surface area (TPSA) is 83.8 Å². The molecule has 0 amide bonds. The molecule has 0 saturated heterocycles. The van der Waals surface area contributed by atoms with Crippen LogP contribution in [0.15, 0.2) is 25.3 Å². The van der Waals surface area contributed by atoms with Crippen LogP contribution in [0.2, 0.25) is 0 Å². The van der Waals surface area contributed by atoms with E-state index in [9.17, 15) is 9.59 Å². The van der Waals surface area contributed by atoms with Crippen molar-refractivity contribution in [3.8, 4) is 0 Å². The summed E-state index contributed by atoms with van der Waals surface area (Å²) in [7, 11) is 0. The molecule has 0 saturated carbocycles. The van der Waals surface area contributed by atoms with E-state index in [1.807, 2.05) is 0 Å². The lowest BCUT2D eigenvalue weighted by Gasteiger charge is -2.17. The van der Waals surface area contributed by atoms with Crippen molar-refractivity contribution < 1.29 is 24.5 Å². The molecule has 0 heterocycles. The summed E-state index contributed by atoms with van der Waals surface area (Å²) < 4.78 is 4.91. The number of carboxylic acid groups (broad SMARTS) is 2. The molecule has 0 aliphatic heterocycles. The van der Waals surface area contributed by atoms with Gasteiger partial charge in [-0.25, -0.2) is 9.59 Å². The maximum absolute atomic E-state index is 10.7. The second kappa shape index (κ2) is 6.78. The minimum Gasteiger partial charge on any atom is -0.479 e. The molecule has 2 atom stereocenters. The molecular formula is C10H14O5. The van der Waals surface area contributed by atoms with Gasteiger partial charge in [0.1, 0.15) is 0 Å². The lowest BCUT2D eigenvalue weighted by Crippen LogP contribution is -2.33. The summed E-state index contributed by atoms with van der Waals surface area (Å²) in [6.45, 7) is 6.74. The van der Waals surface area contributed by atoms with Gasteiger partial charge in [0.05, 0.1) is 0 Å². The van der Waals surface area contributed by atoms with Crippen molar-refractivity contribution in [2.45, 2.75) is 25.0 Å². The van der Waals surface area contributed by atoms with Crippen LogP contribution in [0.5, 0.6) is 0 Å². The summed E-state index contributed by atoms with van der Waals surface area (Å²) in [5, 5.41) is 17.4. The summed E-state index contributed by atoms with van der Waals surface area (Å²) >= 11 is 0. The Hall–Kier alpha value is -1.62. The number of rotatable bonds is 8. The lowest BCUT2D eigenvalue weighted by atomic mass is 10.2. The molecule has 0 fully saturated rings. The first-order valence-electron chi connectivity index (χ1n) is 4.35. The standard InChI is InChI=1S/C10H14O5/c1-3-5-7(9(11)12)15-8(6-4-2)10(13)14/h3-4,7-8H,1-2,5-6H2,(H,11,12)(H,13,14). The van der Waals surface area contributed by atoms with Gasteiger partial charge in [-0.05, 0) is 0 Å². The van der Waals surface area contributed by atoms with Crippen molar-refractivity contribution in [3.05, 3.63) is 25.3 Å². The fourth-order valence-corrected chi connectivity index (χ4v) is 0.930. The van der Waals surface area contributed by atoms with Gasteiger partial charge in [-0.2, -0.15) is 0 Å². The van der Waals surface area contributed by atoms with Gasteiger partial charge < -0.3 is 14.9 Å². The first kappa shape index (κ1) is 13.4. The number of hydrogen-bond acceptors (Lipinski definition) is 3. The molecule has 2 N–H and O–H groups in total. The van der Waals surface area contributed by atoms with Crippen molar-refractivity contribution in [1.82, 2.24) is 0 Å². The van der Waals surface area contributed by atoms with Gasteiger partial charge in [-0.15, -0.1) is 13.2 Å². The third kappa shape index (κ3) is 4.97. The lowest BCUT2D eigenvalue weighted by molar-refractivity contribution is -0.164. The van der Waals surface area contributed by atoms with Gasteiger partial charge in [0.15, 0.2) is 12.2 Å². The minimum absolute atomic E-state index is 0.0657. The molecule has 15 heavy (non-hydrogen) atoms. The maximum Gasteiger partial charge on any atom is 0.333 e. The summed E-state index contributed by atoms with van der Waals surface area (Å²) in [6.07, 6.45) is 0.510. The van der Waals surface area contributed by atoms with Crippen LogP contribution in [-0.4, -0.2) is 34.4 Å². The smallest absolute Gasteiger partial charge is 0.333 e. The molecule has 0 aromatic heterocycles. The quantitative estimate of drug-likeness (QED) is 0.590. The Balaban J connectivity index is 4.44. The van der Waals surface area contributed by atoms with E-state index in [1.165, 1.54) is 12.2 Å². The minimum atomic E-state index is -1.20. The number of carboxylic acids is 2. The predicted octanol–water partition coefficient (Wildman–Crippen LogP) is 1.06. The maximum atomic E-state index is 10.7. The van der Waals surface area contributed by atoms with E-state index in [1.54, 1.807) is 0 Å². The Morgan fingerprint density at radius 1 is 1.07 bits per heavy atom. The van der Waals surface area contributed by atoms with Crippen LogP contribution in [0.3, 0.4) is 0 Å². The van der Waals surface area contributed by atoms with Crippen molar-refractivity contribution in [2.24, 2.45) is 0 Å². The van der Waals surface area contributed by atoms with Gasteiger partial charge >= 0.3 is 11.9 Å². The Labute approximate surface area is 87.7 Å². The number of hydrogen-bond donors (Lipinski definition) is 2. The number of aliphatic carboxylic acids is 2. The van der Waals surface area contributed by atoms with Gasteiger partial charge in [0.25, 0.3) is 0 Å². The summed E-state index contributed by atoms with van der Waals surface area (Å²) in [6, 6.07) is 0. The highest BCUT2D eigenvalue weighted by molar-refractivity contribution is 5.75. The van der Waals surface area contributed by atoms with Crippen LogP contribution in [0.25, 0.3) is 0 Å². The Morgan fingerprint density at radius 3 is 1.60 bits per heavy atom. The Morgan fingerprint density at radius 2 is 1.40 bits per heavy atom. The highest BCUT2D eigenvalue weighted by Gasteiger charge is 2.25. The van der Waals surface area contributed by atoms with Crippen molar-refractivity contribution >= 4 is 11.9 Å². The molecular weight excluding hydrogens is 200 g/mol. The molecule has 84 valence electrons. The summed E-state index contributed by atoms with van der Waals surface area (Å²) in [5.41, 5.74) is 0. The summed E-state index contributed by atoms with van der Waals surface area (Å²) in [4.78, 5) is 21.3. The van der Waals surface area contributed by atoms with E-state index in [-0.39, 0.29) is 12.8 Å². The van der Waals surface area contributed by atoms with Gasteiger partial charge in [-0.1, -0.05) is 12.2 Å². The molecule has 0 bridgehead atoms. The van der Waals surface area contributed by atoms with Gasteiger partial charge in [0.2, 0.25) is 0 Å². The number of ether oxygens (including phenoxy) is 1. The van der Waals surface area contributed by atoms with Crippen LogP contribution in [0.4, 0.5) is 0 Å². The second-order valence-corrected chi connectivity index (χ2v) is 2.84. The average molecular weight is 214 g/mol. The molecule has 0 aliphatic rings. The van der Waals surface area contributed by atoms with Gasteiger partial charge in [0, 0.05) is 12.8 Å². The highest BCUT2D eigenvalue weighted by Crippen LogP contribution is 2.08. The SMILES string of the molecule is C=CCC(OC(CC=C)C(=O)O)C(=O)O. The molecule has 0 aromatic rings. The second-order valence-electron chi connectivity index (χ2n) is 2.84. The zero-order valence-corrected chi connectivity index (χ0v) is 8.26. The van der Waals surface area contributed by atoms with E-state index >= 15 is 0 Å². The van der Waals surface area contributed by atoms with Crippen LogP contribution in [0, 0.1) is 0 Å². The first-order valence-corrected chi connectivity index (χ1v) is 4.35. The van der Waals surface area contributed by atoms with E-state index in [4.69, 9.17) is 14.9 Å². The van der Waals surface area contributed by atoms with Crippen molar-refractivity contribution in [2.75, 3.05) is 0 Å². The van der Waals surface area contributed by atoms with Gasteiger partial charge in [-0.3, -0.25) is 0 Å². The third-order valence-corrected chi connectivity index (χ3v) is 1.64. The zero-order valence-electron chi connectivity index (χ0n) is 8.26. The zero-order chi connectivity index (χ0) is 11.8. The van der Waals surface area contributed by atoms with Crippen LogP contribution in [-0.2, 0) is 14.3 Å². The van der Waals surface area contributed by atoms with E-state index in [2.05, 4.69) is 13.2 Å². The Kier molecular flexibility index (Phi) is 6.05. The summed E-state index contributed by atoms with van der Waals surface area (Å²) in [5.74, 6) is -2.41. The van der Waals surface area contributed by atoms with Crippen LogP contribution in [0.1, 0.15) is 12.8 Å². The molecule has 0 spiro atoms. The molecule has 0 aromatic carbocycles. The average Bonchev–Trinajstić information content (AvgIpc) is 2.15. The fourth-order valence-electron chi connectivity index (χ4n) is 0.930. The Bertz CT molecular complexity index is 233. The van der Waals surface area contributed by atoms with E-state index in [0.717, 1.165) is 0 Å². The molecule has 0 aliphatic carbocycles. The van der Waals surface area contributed by atoms with Crippen molar-refractivity contribution in [1.29, 1.82) is 0 Å². The molecule has 5 heteroatoms. The first-order chi connectivity index (χ1) is 7.02. The molecule has 5 nitrogen and oxygen atoms in total. The number of carbonyl (C=O) groups is 2.